The van der Waals surface area contributed by atoms with Crippen LogP contribution in [0.1, 0.15) is 51.2 Å². The highest BCUT2D eigenvalue weighted by Crippen LogP contribution is 2.46. The molecular weight excluding hydrogens is 423 g/mol. The molecule has 3 rings (SSSR count). The lowest BCUT2D eigenvalue weighted by atomic mass is 9.64. The summed E-state index contributed by atoms with van der Waals surface area (Å²) in [5.41, 5.74) is -1.74. The molecule has 1 heterocycles. The van der Waals surface area contributed by atoms with Crippen molar-refractivity contribution < 1.29 is 27.6 Å². The van der Waals surface area contributed by atoms with E-state index in [0.29, 0.717) is 12.8 Å². The molecule has 1 spiro atoms. The van der Waals surface area contributed by atoms with E-state index < -0.39 is 41.7 Å². The van der Waals surface area contributed by atoms with Gasteiger partial charge in [0, 0.05) is 5.56 Å². The van der Waals surface area contributed by atoms with E-state index in [1.54, 1.807) is 0 Å². The Morgan fingerprint density at radius 1 is 1.28 bits per heavy atom. The van der Waals surface area contributed by atoms with Crippen LogP contribution >= 0.6 is 0 Å². The van der Waals surface area contributed by atoms with E-state index in [9.17, 15) is 27.6 Å². The van der Waals surface area contributed by atoms with Crippen LogP contribution in [0.15, 0.2) is 24.3 Å². The first-order valence-electron chi connectivity index (χ1n) is 10.4. The van der Waals surface area contributed by atoms with E-state index >= 15 is 0 Å². The number of amides is 4. The summed E-state index contributed by atoms with van der Waals surface area (Å²) >= 11 is 0. The summed E-state index contributed by atoms with van der Waals surface area (Å²) < 4.78 is 38.2. The van der Waals surface area contributed by atoms with Gasteiger partial charge in [0.05, 0.1) is 12.1 Å². The van der Waals surface area contributed by atoms with E-state index in [4.69, 9.17) is 0 Å². The molecule has 4 amide bonds. The van der Waals surface area contributed by atoms with E-state index in [-0.39, 0.29) is 23.4 Å². The van der Waals surface area contributed by atoms with Gasteiger partial charge in [0.25, 0.3) is 5.91 Å². The van der Waals surface area contributed by atoms with Gasteiger partial charge in [0.15, 0.2) is 0 Å². The Bertz CT molecular complexity index is 993. The number of benzene rings is 1. The zero-order valence-corrected chi connectivity index (χ0v) is 18.2. The number of halogens is 3. The van der Waals surface area contributed by atoms with Gasteiger partial charge < -0.3 is 10.6 Å². The normalized spacial score (nSPS) is 24.7. The number of hydrogen-bond donors (Lipinski definition) is 2. The molecule has 2 unspecified atom stereocenters. The van der Waals surface area contributed by atoms with E-state index in [0.717, 1.165) is 23.5 Å². The van der Waals surface area contributed by atoms with Gasteiger partial charge in [-0.3, -0.25) is 14.5 Å². The summed E-state index contributed by atoms with van der Waals surface area (Å²) in [6, 6.07) is 3.97. The zero-order valence-electron chi connectivity index (χ0n) is 18.2. The predicted molar refractivity (Wildman–Crippen MR) is 111 cm³/mol. The van der Waals surface area contributed by atoms with Crippen molar-refractivity contribution in [1.29, 1.82) is 0 Å². The van der Waals surface area contributed by atoms with Crippen molar-refractivity contribution in [3.05, 3.63) is 35.4 Å². The highest BCUT2D eigenvalue weighted by molar-refractivity contribution is 6.09. The fraction of sp³-hybridized carbons (Fsp3) is 0.522. The lowest BCUT2D eigenvalue weighted by Crippen LogP contribution is -2.54. The third-order valence-electron chi connectivity index (χ3n) is 5.72. The average molecular weight is 449 g/mol. The Morgan fingerprint density at radius 3 is 2.66 bits per heavy atom. The Balaban J connectivity index is 1.58. The van der Waals surface area contributed by atoms with Crippen molar-refractivity contribution in [2.24, 2.45) is 11.3 Å². The van der Waals surface area contributed by atoms with Gasteiger partial charge >= 0.3 is 12.2 Å². The number of hydrogen-bond acceptors (Lipinski definition) is 3. The number of urea groups is 1. The second-order valence-electron chi connectivity index (χ2n) is 9.42. The first kappa shape index (κ1) is 23.6. The Hall–Kier alpha value is -3.02. The highest BCUT2D eigenvalue weighted by atomic mass is 19.4. The maximum absolute atomic E-state index is 13.0. The van der Waals surface area contributed by atoms with Crippen LogP contribution in [0.5, 0.6) is 0 Å². The maximum Gasteiger partial charge on any atom is 0.416 e. The molecule has 2 atom stereocenters. The van der Waals surface area contributed by atoms with Crippen LogP contribution < -0.4 is 10.6 Å². The summed E-state index contributed by atoms with van der Waals surface area (Å²) in [6.07, 6.45) is -2.47. The lowest BCUT2D eigenvalue weighted by molar-refractivity contribution is -0.138. The number of rotatable bonds is 3. The predicted octanol–water partition coefficient (Wildman–Crippen LogP) is 3.31. The number of alkyl halides is 3. The summed E-state index contributed by atoms with van der Waals surface area (Å²) in [4.78, 5) is 38.6. The quantitative estimate of drug-likeness (QED) is 0.549. The standard InChI is InChI=1S/C23H26F3N3O3/c1-15-11-21(2,3)14-22(12-15)19(31)29(20(32)28-22)13-18(30)27-9-5-7-16-6-4-8-17(10-16)23(24,25)26/h4,6,8,10,15H,9,11-14H2,1-3H3,(H,27,30)(H,28,32). The van der Waals surface area contributed by atoms with E-state index in [1.165, 1.54) is 12.1 Å². The Kier molecular flexibility index (Phi) is 6.27. The molecule has 1 saturated carbocycles. The van der Waals surface area contributed by atoms with E-state index in [2.05, 4.69) is 36.3 Å². The Morgan fingerprint density at radius 2 is 2.00 bits per heavy atom. The molecule has 2 N–H and O–H groups in total. The summed E-state index contributed by atoms with van der Waals surface area (Å²) in [5, 5.41) is 5.28. The van der Waals surface area contributed by atoms with Crippen LogP contribution in [0, 0.1) is 23.2 Å². The molecule has 0 radical (unpaired) electrons. The summed E-state index contributed by atoms with van der Waals surface area (Å²) in [7, 11) is 0. The van der Waals surface area contributed by atoms with Crippen LogP contribution in [0.25, 0.3) is 0 Å². The maximum atomic E-state index is 13.0. The fourth-order valence-electron chi connectivity index (χ4n) is 4.91. The number of imide groups is 1. The molecule has 9 heteroatoms. The van der Waals surface area contributed by atoms with Crippen molar-refractivity contribution in [3.8, 4) is 11.8 Å². The molecular formula is C23H26F3N3O3. The van der Waals surface area contributed by atoms with Crippen LogP contribution in [-0.2, 0) is 15.8 Å². The van der Waals surface area contributed by atoms with Gasteiger partial charge in [-0.1, -0.05) is 38.7 Å². The van der Waals surface area contributed by atoms with Crippen LogP contribution in [0.3, 0.4) is 0 Å². The van der Waals surface area contributed by atoms with Gasteiger partial charge in [0.2, 0.25) is 5.91 Å². The minimum Gasteiger partial charge on any atom is -0.344 e. The molecule has 2 fully saturated rings. The molecule has 2 aliphatic rings. The van der Waals surface area contributed by atoms with Crippen molar-refractivity contribution in [2.75, 3.05) is 13.1 Å². The van der Waals surface area contributed by atoms with Crippen molar-refractivity contribution in [2.45, 2.75) is 51.7 Å². The minimum absolute atomic E-state index is 0.113. The summed E-state index contributed by atoms with van der Waals surface area (Å²) in [5.74, 6) is 4.42. The highest BCUT2D eigenvalue weighted by Gasteiger charge is 2.56. The molecule has 1 saturated heterocycles. The number of nitrogens with one attached hydrogen (secondary N) is 2. The number of carbonyl (C=O) groups excluding carboxylic acids is 3. The molecule has 1 aromatic carbocycles. The molecule has 1 aliphatic carbocycles. The van der Waals surface area contributed by atoms with Crippen LogP contribution in [0.4, 0.5) is 18.0 Å². The molecule has 6 nitrogen and oxygen atoms in total. The molecule has 1 aliphatic heterocycles. The third kappa shape index (κ3) is 5.23. The molecule has 0 aromatic heterocycles. The first-order valence-corrected chi connectivity index (χ1v) is 10.4. The number of nitrogens with zero attached hydrogens (tertiary/aromatic N) is 1. The van der Waals surface area contributed by atoms with E-state index in [1.807, 2.05) is 6.92 Å². The van der Waals surface area contributed by atoms with Gasteiger partial charge in [-0.05, 0) is 48.8 Å². The lowest BCUT2D eigenvalue weighted by Gasteiger charge is -2.43. The van der Waals surface area contributed by atoms with Gasteiger partial charge in [0.1, 0.15) is 12.1 Å². The zero-order chi connectivity index (χ0) is 23.7. The van der Waals surface area contributed by atoms with Gasteiger partial charge in [-0.15, -0.1) is 0 Å². The topological polar surface area (TPSA) is 78.5 Å². The third-order valence-corrected chi connectivity index (χ3v) is 5.72. The summed E-state index contributed by atoms with van der Waals surface area (Å²) in [6.45, 7) is 5.59. The van der Waals surface area contributed by atoms with Gasteiger partial charge in [-0.25, -0.2) is 4.79 Å². The molecule has 32 heavy (non-hydrogen) atoms. The van der Waals surface area contributed by atoms with Crippen LogP contribution in [0.2, 0.25) is 0 Å². The second kappa shape index (κ2) is 8.49. The van der Waals surface area contributed by atoms with Crippen molar-refractivity contribution >= 4 is 17.8 Å². The van der Waals surface area contributed by atoms with Crippen molar-refractivity contribution in [1.82, 2.24) is 15.5 Å². The van der Waals surface area contributed by atoms with Gasteiger partial charge in [-0.2, -0.15) is 13.2 Å². The molecule has 1 aromatic rings. The number of carbonyl (C=O) groups is 3. The van der Waals surface area contributed by atoms with Crippen LogP contribution in [-0.4, -0.2) is 41.4 Å². The monoisotopic (exact) mass is 449 g/mol. The molecule has 0 bridgehead atoms. The first-order chi connectivity index (χ1) is 14.8. The minimum atomic E-state index is -4.46. The fourth-order valence-corrected chi connectivity index (χ4v) is 4.91. The second-order valence-corrected chi connectivity index (χ2v) is 9.42. The van der Waals surface area contributed by atoms with Crippen molar-refractivity contribution in [3.63, 3.8) is 0 Å². The Labute approximate surface area is 184 Å². The largest absolute Gasteiger partial charge is 0.416 e. The molecule has 172 valence electrons. The SMILES string of the molecule is CC1CC(C)(C)CC2(C1)NC(=O)N(CC(=O)NCC#Cc1cccc(C(F)(F)F)c1)C2=O. The average Bonchev–Trinajstić information content (AvgIpc) is 2.86. The smallest absolute Gasteiger partial charge is 0.344 e.